The van der Waals surface area contributed by atoms with Crippen molar-refractivity contribution in [3.8, 4) is 0 Å². The molecule has 0 saturated carbocycles. The standard InChI is InChI=1S/C25H20N2O4/c1-14-6-7-17-19(12-14)31-20-13-18(27-8-10-30-11-9-27)21-22(23(20)26-17)25(29)16-5-3-2-4-15(16)24(21)28/h2-7,12-13,26H,8-11H2,1H3. The maximum absolute atomic E-state index is 13.6. The predicted molar refractivity (Wildman–Crippen MR) is 123 cm³/mol. The molecule has 0 aliphatic carbocycles. The number of H-pyrrole nitrogens is 1. The van der Waals surface area contributed by atoms with Crippen molar-refractivity contribution in [1.82, 2.24) is 4.98 Å². The molecular formula is C25H20N2O4. The van der Waals surface area contributed by atoms with E-state index in [9.17, 15) is 9.59 Å². The van der Waals surface area contributed by atoms with E-state index in [-0.39, 0.29) is 10.9 Å². The van der Waals surface area contributed by atoms with E-state index in [4.69, 9.17) is 9.15 Å². The van der Waals surface area contributed by atoms with E-state index in [0.717, 1.165) is 16.8 Å². The van der Waals surface area contributed by atoms with Crippen molar-refractivity contribution in [2.45, 2.75) is 6.92 Å². The molecule has 5 aromatic rings. The number of hydrogen-bond acceptors (Lipinski definition) is 5. The van der Waals surface area contributed by atoms with Crippen LogP contribution in [0.3, 0.4) is 0 Å². The van der Waals surface area contributed by atoms with Gasteiger partial charge in [0.2, 0.25) is 0 Å². The molecule has 2 heterocycles. The summed E-state index contributed by atoms with van der Waals surface area (Å²) in [4.78, 5) is 32.7. The van der Waals surface area contributed by atoms with Crippen molar-refractivity contribution < 1.29 is 9.15 Å². The van der Waals surface area contributed by atoms with E-state index in [1.807, 2.05) is 31.2 Å². The molecule has 31 heavy (non-hydrogen) atoms. The van der Waals surface area contributed by atoms with Crippen molar-refractivity contribution in [2.24, 2.45) is 0 Å². The first-order valence-electron chi connectivity index (χ1n) is 10.4. The molecule has 1 aliphatic rings. The Morgan fingerprint density at radius 2 is 1.58 bits per heavy atom. The summed E-state index contributed by atoms with van der Waals surface area (Å²) in [5.41, 5.74) is 4.09. The zero-order valence-corrected chi connectivity index (χ0v) is 17.0. The van der Waals surface area contributed by atoms with Gasteiger partial charge in [0.1, 0.15) is 0 Å². The van der Waals surface area contributed by atoms with E-state index < -0.39 is 0 Å². The van der Waals surface area contributed by atoms with Gasteiger partial charge in [0, 0.05) is 29.9 Å². The second-order valence-electron chi connectivity index (χ2n) is 8.05. The molecule has 1 aliphatic heterocycles. The van der Waals surface area contributed by atoms with E-state index >= 15 is 0 Å². The molecule has 0 atom stereocenters. The van der Waals surface area contributed by atoms with Gasteiger partial charge >= 0.3 is 0 Å². The Bertz CT molecular complexity index is 1620. The fourth-order valence-corrected chi connectivity index (χ4v) is 4.58. The Morgan fingerprint density at radius 1 is 0.871 bits per heavy atom. The Kier molecular flexibility index (Phi) is 3.91. The van der Waals surface area contributed by atoms with Crippen LogP contribution in [0.1, 0.15) is 5.56 Å². The monoisotopic (exact) mass is 412 g/mol. The summed E-state index contributed by atoms with van der Waals surface area (Å²) in [5.74, 6) is 0. The van der Waals surface area contributed by atoms with Gasteiger partial charge in [-0.25, -0.2) is 0 Å². The second-order valence-corrected chi connectivity index (χ2v) is 8.05. The average Bonchev–Trinajstić information content (AvgIpc) is 2.80. The normalized spacial score (nSPS) is 14.8. The highest BCUT2D eigenvalue weighted by Gasteiger charge is 2.23. The van der Waals surface area contributed by atoms with Gasteiger partial charge in [-0.15, -0.1) is 0 Å². The van der Waals surface area contributed by atoms with E-state index in [1.54, 1.807) is 24.3 Å². The molecular weight excluding hydrogens is 392 g/mol. The van der Waals surface area contributed by atoms with Gasteiger partial charge in [-0.3, -0.25) is 9.59 Å². The third-order valence-corrected chi connectivity index (χ3v) is 6.11. The van der Waals surface area contributed by atoms with Gasteiger partial charge < -0.3 is 19.0 Å². The molecule has 6 rings (SSSR count). The fourth-order valence-electron chi connectivity index (χ4n) is 4.58. The number of benzene rings is 4. The molecule has 1 saturated heterocycles. The third kappa shape index (κ3) is 2.68. The number of morpholine rings is 1. The molecule has 0 spiro atoms. The minimum absolute atomic E-state index is 0.133. The molecule has 0 unspecified atom stereocenters. The zero-order valence-electron chi connectivity index (χ0n) is 17.0. The molecule has 6 heteroatoms. The topological polar surface area (TPSA) is 75.5 Å². The van der Waals surface area contributed by atoms with Crippen LogP contribution in [0.4, 0.5) is 5.69 Å². The van der Waals surface area contributed by atoms with Crippen LogP contribution in [0.15, 0.2) is 62.5 Å². The molecule has 0 bridgehead atoms. The smallest absolute Gasteiger partial charge is 0.196 e. The summed E-state index contributed by atoms with van der Waals surface area (Å²) in [6, 6.07) is 14.8. The van der Waals surface area contributed by atoms with E-state index in [0.29, 0.717) is 64.5 Å². The molecule has 154 valence electrons. The van der Waals surface area contributed by atoms with Gasteiger partial charge in [-0.2, -0.15) is 0 Å². The van der Waals surface area contributed by atoms with Crippen molar-refractivity contribution in [2.75, 3.05) is 31.2 Å². The Balaban J connectivity index is 1.86. The largest absolute Gasteiger partial charge is 0.453 e. The van der Waals surface area contributed by atoms with Gasteiger partial charge in [0.05, 0.1) is 40.7 Å². The number of rotatable bonds is 1. The van der Waals surface area contributed by atoms with E-state index in [2.05, 4.69) is 9.88 Å². The van der Waals surface area contributed by atoms with Crippen molar-refractivity contribution in [3.05, 3.63) is 74.5 Å². The van der Waals surface area contributed by atoms with Crippen LogP contribution in [0, 0.1) is 6.92 Å². The highest BCUT2D eigenvalue weighted by molar-refractivity contribution is 6.14. The molecule has 4 aromatic carbocycles. The number of aromatic nitrogens is 1. The highest BCUT2D eigenvalue weighted by atomic mass is 16.5. The summed E-state index contributed by atoms with van der Waals surface area (Å²) in [6.07, 6.45) is 0. The first kappa shape index (κ1) is 18.2. The number of nitrogens with one attached hydrogen (secondary N) is 1. The number of hydrogen-bond donors (Lipinski definition) is 1. The van der Waals surface area contributed by atoms with Gasteiger partial charge in [0.15, 0.2) is 22.0 Å². The minimum Gasteiger partial charge on any atom is -0.453 e. The molecule has 0 radical (unpaired) electrons. The Labute approximate surface area is 176 Å². The van der Waals surface area contributed by atoms with Crippen LogP contribution in [-0.4, -0.2) is 31.3 Å². The lowest BCUT2D eigenvalue weighted by molar-refractivity contribution is 0.123. The molecule has 1 fully saturated rings. The maximum Gasteiger partial charge on any atom is 0.196 e. The summed E-state index contributed by atoms with van der Waals surface area (Å²) >= 11 is 0. The summed E-state index contributed by atoms with van der Waals surface area (Å²) in [7, 11) is 0. The Hall–Kier alpha value is -3.64. The summed E-state index contributed by atoms with van der Waals surface area (Å²) in [5, 5.41) is 1.70. The lowest BCUT2D eigenvalue weighted by atomic mass is 9.99. The van der Waals surface area contributed by atoms with Crippen molar-refractivity contribution >= 4 is 49.4 Å². The molecule has 0 amide bonds. The van der Waals surface area contributed by atoms with Crippen molar-refractivity contribution in [3.63, 3.8) is 0 Å². The molecule has 1 N–H and O–H groups in total. The Morgan fingerprint density at radius 3 is 2.32 bits per heavy atom. The third-order valence-electron chi connectivity index (χ3n) is 6.11. The SMILES string of the molecule is Cc1ccc2[nH]c3c(cc(N4CCOCC4)c4c(=O)c5ccccc5c(=O)c43)oc2c1. The minimum atomic E-state index is -0.164. The second kappa shape index (κ2) is 6.68. The first-order chi connectivity index (χ1) is 15.1. The van der Waals surface area contributed by atoms with Crippen molar-refractivity contribution in [1.29, 1.82) is 0 Å². The van der Waals surface area contributed by atoms with Gasteiger partial charge in [0.25, 0.3) is 0 Å². The fraction of sp³-hybridized carbons (Fsp3) is 0.200. The quantitative estimate of drug-likeness (QED) is 0.332. The maximum atomic E-state index is 13.6. The van der Waals surface area contributed by atoms with Crippen LogP contribution in [0.25, 0.3) is 43.7 Å². The number of fused-ring (bicyclic) bond motifs is 5. The number of ether oxygens (including phenoxy) is 1. The van der Waals surface area contributed by atoms with Crippen LogP contribution < -0.4 is 15.8 Å². The van der Waals surface area contributed by atoms with Crippen LogP contribution in [0.5, 0.6) is 0 Å². The summed E-state index contributed by atoms with van der Waals surface area (Å²) < 4.78 is 11.7. The first-order valence-corrected chi connectivity index (χ1v) is 10.4. The van der Waals surface area contributed by atoms with E-state index in [1.165, 1.54) is 0 Å². The molecule has 6 nitrogen and oxygen atoms in total. The zero-order chi connectivity index (χ0) is 21.1. The number of nitrogens with zero attached hydrogens (tertiary/aromatic N) is 1. The number of aromatic amines is 1. The number of aryl methyl sites for hydroxylation is 1. The predicted octanol–water partition coefficient (Wildman–Crippen LogP) is 4.09. The van der Waals surface area contributed by atoms with Crippen LogP contribution in [-0.2, 0) is 4.74 Å². The molecule has 1 aromatic heterocycles. The lowest BCUT2D eigenvalue weighted by Gasteiger charge is -2.30. The van der Waals surface area contributed by atoms with Gasteiger partial charge in [-0.05, 0) is 24.6 Å². The van der Waals surface area contributed by atoms with Gasteiger partial charge in [-0.1, -0.05) is 30.3 Å². The highest BCUT2D eigenvalue weighted by Crippen LogP contribution is 2.33. The number of anilines is 1. The van der Waals surface area contributed by atoms with Crippen LogP contribution in [0.2, 0.25) is 0 Å². The van der Waals surface area contributed by atoms with Crippen LogP contribution >= 0.6 is 0 Å². The lowest BCUT2D eigenvalue weighted by Crippen LogP contribution is -2.37. The average molecular weight is 412 g/mol. The summed E-state index contributed by atoms with van der Waals surface area (Å²) in [6.45, 7) is 4.46.